The topological polar surface area (TPSA) is 81.9 Å². The molecule has 0 spiro atoms. The first-order valence-corrected chi connectivity index (χ1v) is 5.86. The van der Waals surface area contributed by atoms with E-state index in [4.69, 9.17) is 4.42 Å². The number of fused-ring (bicyclic) bond motifs is 1. The van der Waals surface area contributed by atoms with Crippen molar-refractivity contribution in [2.45, 2.75) is 0 Å². The second-order valence-electron chi connectivity index (χ2n) is 3.98. The number of aromatic nitrogens is 1. The van der Waals surface area contributed by atoms with Crippen molar-refractivity contribution < 1.29 is 23.5 Å². The van der Waals surface area contributed by atoms with E-state index in [-0.39, 0.29) is 13.1 Å². The van der Waals surface area contributed by atoms with E-state index in [9.17, 15) is 9.59 Å². The summed E-state index contributed by atoms with van der Waals surface area (Å²) in [6.07, 6.45) is 3.06. The zero-order chi connectivity index (χ0) is 14.5. The van der Waals surface area contributed by atoms with Crippen LogP contribution in [-0.4, -0.2) is 44.2 Å². The van der Waals surface area contributed by atoms with E-state index >= 15 is 0 Å². The van der Waals surface area contributed by atoms with E-state index in [1.807, 2.05) is 0 Å². The van der Waals surface area contributed by atoms with Crippen LogP contribution in [0.2, 0.25) is 0 Å². The van der Waals surface area contributed by atoms with Crippen LogP contribution < -0.4 is 4.90 Å². The Morgan fingerprint density at radius 3 is 2.45 bits per heavy atom. The molecule has 0 saturated heterocycles. The summed E-state index contributed by atoms with van der Waals surface area (Å²) >= 11 is 0. The van der Waals surface area contributed by atoms with Crippen LogP contribution in [0.15, 0.2) is 29.0 Å². The highest BCUT2D eigenvalue weighted by molar-refractivity contribution is 5.92. The maximum absolute atomic E-state index is 11.5. The third kappa shape index (κ3) is 2.87. The number of hydrogen-bond donors (Lipinski definition) is 0. The van der Waals surface area contributed by atoms with Gasteiger partial charge in [-0.05, 0) is 12.1 Å². The predicted octanol–water partition coefficient (Wildman–Crippen LogP) is 0.980. The lowest BCUT2D eigenvalue weighted by Crippen LogP contribution is -2.36. The van der Waals surface area contributed by atoms with Crippen LogP contribution in [0.5, 0.6) is 0 Å². The number of carbonyl (C=O) groups excluding carboxylic acids is 2. The van der Waals surface area contributed by atoms with Gasteiger partial charge in [0.05, 0.1) is 25.9 Å². The van der Waals surface area contributed by atoms with Gasteiger partial charge in [-0.2, -0.15) is 0 Å². The number of rotatable bonds is 5. The van der Waals surface area contributed by atoms with Crippen LogP contribution in [0.25, 0.3) is 11.0 Å². The fraction of sp³-hybridized carbons (Fsp3) is 0.308. The van der Waals surface area contributed by atoms with Gasteiger partial charge in [0, 0.05) is 6.20 Å². The van der Waals surface area contributed by atoms with Crippen molar-refractivity contribution in [1.29, 1.82) is 0 Å². The highest BCUT2D eigenvalue weighted by atomic mass is 16.5. The maximum Gasteiger partial charge on any atom is 0.325 e. The van der Waals surface area contributed by atoms with Crippen molar-refractivity contribution in [3.05, 3.63) is 24.6 Å². The first kappa shape index (κ1) is 13.9. The highest BCUT2D eigenvalue weighted by Gasteiger charge is 2.19. The Bertz CT molecular complexity index is 604. The molecule has 7 heteroatoms. The molecule has 2 rings (SSSR count). The molecule has 0 fully saturated rings. The summed E-state index contributed by atoms with van der Waals surface area (Å²) < 4.78 is 14.5. The number of furan rings is 1. The normalized spacial score (nSPS) is 10.3. The molecule has 2 heterocycles. The van der Waals surface area contributed by atoms with Gasteiger partial charge in [0.1, 0.15) is 24.5 Å². The van der Waals surface area contributed by atoms with Crippen molar-refractivity contribution in [3.63, 3.8) is 0 Å². The van der Waals surface area contributed by atoms with Crippen LogP contribution in [-0.2, 0) is 19.1 Å². The summed E-state index contributed by atoms with van der Waals surface area (Å²) in [4.78, 5) is 28.6. The number of pyridine rings is 1. The van der Waals surface area contributed by atoms with Gasteiger partial charge in [0.2, 0.25) is 0 Å². The van der Waals surface area contributed by atoms with Gasteiger partial charge in [-0.3, -0.25) is 9.59 Å². The maximum atomic E-state index is 11.5. The van der Waals surface area contributed by atoms with E-state index in [1.165, 1.54) is 25.4 Å². The largest absolute Gasteiger partial charge is 0.468 e. The minimum Gasteiger partial charge on any atom is -0.468 e. The average Bonchev–Trinajstić information content (AvgIpc) is 2.94. The Hall–Kier alpha value is -2.57. The van der Waals surface area contributed by atoms with Gasteiger partial charge >= 0.3 is 11.9 Å². The smallest absolute Gasteiger partial charge is 0.325 e. The lowest BCUT2D eigenvalue weighted by Gasteiger charge is -2.21. The van der Waals surface area contributed by atoms with Gasteiger partial charge in [-0.1, -0.05) is 0 Å². The van der Waals surface area contributed by atoms with E-state index in [2.05, 4.69) is 14.5 Å². The molecule has 0 radical (unpaired) electrons. The van der Waals surface area contributed by atoms with Crippen LogP contribution in [0.1, 0.15) is 0 Å². The Balaban J connectivity index is 2.36. The molecule has 20 heavy (non-hydrogen) atoms. The molecule has 7 nitrogen and oxygen atoms in total. The van der Waals surface area contributed by atoms with Gasteiger partial charge in [-0.15, -0.1) is 0 Å². The molecule has 0 aromatic carbocycles. The summed E-state index contributed by atoms with van der Waals surface area (Å²) in [6, 6.07) is 3.42. The summed E-state index contributed by atoms with van der Waals surface area (Å²) in [6.45, 7) is -0.216. The second kappa shape index (κ2) is 6.05. The lowest BCUT2D eigenvalue weighted by atomic mass is 10.3. The van der Waals surface area contributed by atoms with Crippen LogP contribution in [0, 0.1) is 0 Å². The molecular formula is C13H14N2O5. The Kier molecular flexibility index (Phi) is 4.19. The molecular weight excluding hydrogens is 264 g/mol. The van der Waals surface area contributed by atoms with E-state index < -0.39 is 11.9 Å². The van der Waals surface area contributed by atoms with E-state index in [1.54, 1.807) is 18.3 Å². The minimum atomic E-state index is -0.476. The molecule has 0 aliphatic carbocycles. The average molecular weight is 278 g/mol. The summed E-state index contributed by atoms with van der Waals surface area (Å²) in [5.74, 6) is -0.487. The number of nitrogens with zero attached hydrogens (tertiary/aromatic N) is 2. The summed E-state index contributed by atoms with van der Waals surface area (Å²) in [5.41, 5.74) is 0.620. The Morgan fingerprint density at radius 2 is 1.85 bits per heavy atom. The quantitative estimate of drug-likeness (QED) is 0.754. The van der Waals surface area contributed by atoms with Gasteiger partial charge in [-0.25, -0.2) is 4.98 Å². The SMILES string of the molecule is COC(=O)CN(CC(=O)OC)c1nccc2occc12. The van der Waals surface area contributed by atoms with E-state index in [0.29, 0.717) is 16.8 Å². The fourth-order valence-electron chi connectivity index (χ4n) is 1.78. The zero-order valence-corrected chi connectivity index (χ0v) is 11.2. The molecule has 0 atom stereocenters. The number of hydrogen-bond acceptors (Lipinski definition) is 7. The lowest BCUT2D eigenvalue weighted by molar-refractivity contribution is -0.140. The summed E-state index contributed by atoms with van der Waals surface area (Å²) in [5, 5.41) is 0.709. The van der Waals surface area contributed by atoms with E-state index in [0.717, 1.165) is 0 Å². The summed E-state index contributed by atoms with van der Waals surface area (Å²) in [7, 11) is 2.56. The molecule has 2 aromatic rings. The van der Waals surface area contributed by atoms with Crippen molar-refractivity contribution in [3.8, 4) is 0 Å². The third-order valence-electron chi connectivity index (χ3n) is 2.75. The fourth-order valence-corrected chi connectivity index (χ4v) is 1.78. The van der Waals surface area contributed by atoms with Crippen LogP contribution in [0.4, 0.5) is 5.82 Å². The molecule has 0 amide bonds. The molecule has 0 saturated carbocycles. The van der Waals surface area contributed by atoms with Gasteiger partial charge in [0.25, 0.3) is 0 Å². The first-order valence-electron chi connectivity index (χ1n) is 5.86. The van der Waals surface area contributed by atoms with Crippen LogP contribution >= 0.6 is 0 Å². The number of methoxy groups -OCH3 is 2. The molecule has 106 valence electrons. The van der Waals surface area contributed by atoms with Crippen molar-refractivity contribution in [1.82, 2.24) is 4.98 Å². The molecule has 0 aliphatic rings. The highest BCUT2D eigenvalue weighted by Crippen LogP contribution is 2.25. The predicted molar refractivity (Wildman–Crippen MR) is 70.3 cm³/mol. The monoisotopic (exact) mass is 278 g/mol. The van der Waals surface area contributed by atoms with Gasteiger partial charge < -0.3 is 18.8 Å². The minimum absolute atomic E-state index is 0.108. The zero-order valence-electron chi connectivity index (χ0n) is 11.2. The number of anilines is 1. The van der Waals surface area contributed by atoms with Crippen molar-refractivity contribution >= 4 is 28.7 Å². The van der Waals surface area contributed by atoms with Gasteiger partial charge in [0.15, 0.2) is 0 Å². The molecule has 0 bridgehead atoms. The molecule has 0 aliphatic heterocycles. The second-order valence-corrected chi connectivity index (χ2v) is 3.98. The Labute approximate surface area is 115 Å². The van der Waals surface area contributed by atoms with Crippen molar-refractivity contribution in [2.24, 2.45) is 0 Å². The molecule has 2 aromatic heterocycles. The van der Waals surface area contributed by atoms with Crippen LogP contribution in [0.3, 0.4) is 0 Å². The van der Waals surface area contributed by atoms with Crippen molar-refractivity contribution in [2.75, 3.05) is 32.2 Å². The Morgan fingerprint density at radius 1 is 1.20 bits per heavy atom. The number of carbonyl (C=O) groups is 2. The first-order chi connectivity index (χ1) is 9.65. The molecule has 0 N–H and O–H groups in total. The third-order valence-corrected chi connectivity index (χ3v) is 2.75. The number of esters is 2. The standard InChI is InChI=1S/C13H14N2O5/c1-18-11(16)7-15(8-12(17)19-2)13-9-4-6-20-10(9)3-5-14-13/h3-6H,7-8H2,1-2H3. The molecule has 0 unspecified atom stereocenters. The number of ether oxygens (including phenoxy) is 2.